The summed E-state index contributed by atoms with van der Waals surface area (Å²) in [6.45, 7) is 2.78. The summed E-state index contributed by atoms with van der Waals surface area (Å²) in [6.07, 6.45) is 7.84. The van der Waals surface area contributed by atoms with Crippen LogP contribution < -0.4 is 0 Å². The molecule has 0 aromatic carbocycles. The smallest absolute Gasteiger partial charge is 0.331 e. The van der Waals surface area contributed by atoms with Crippen molar-refractivity contribution in [2.24, 2.45) is 0 Å². The van der Waals surface area contributed by atoms with Gasteiger partial charge in [-0.25, -0.2) is 4.79 Å². The second kappa shape index (κ2) is 3.73. The van der Waals surface area contributed by atoms with Crippen molar-refractivity contribution in [3.8, 4) is 0 Å². The third-order valence-corrected chi connectivity index (χ3v) is 2.81. The minimum atomic E-state index is -0.431. The third kappa shape index (κ3) is 2.15. The molecular weight excluding hydrogens is 180 g/mol. The van der Waals surface area contributed by atoms with Crippen LogP contribution in [0.2, 0.25) is 0 Å². The Labute approximate surface area is 84.1 Å². The monoisotopic (exact) mass is 196 g/mol. The van der Waals surface area contributed by atoms with Gasteiger partial charge in [-0.2, -0.15) is 0 Å². The van der Waals surface area contributed by atoms with Gasteiger partial charge in [-0.05, 0) is 32.3 Å². The van der Waals surface area contributed by atoms with Gasteiger partial charge < -0.3 is 9.47 Å². The first kappa shape index (κ1) is 9.71. The number of carbonyl (C=O) groups is 1. The maximum Gasteiger partial charge on any atom is 0.331 e. The molecule has 0 N–H and O–H groups in total. The van der Waals surface area contributed by atoms with Gasteiger partial charge in [0.2, 0.25) is 0 Å². The summed E-state index contributed by atoms with van der Waals surface area (Å²) >= 11 is 0. The molecule has 3 heteroatoms. The molecule has 0 aromatic rings. The topological polar surface area (TPSA) is 35.5 Å². The maximum absolute atomic E-state index is 11.0. The summed E-state index contributed by atoms with van der Waals surface area (Å²) in [5.41, 5.74) is -0.431. The number of rotatable bonds is 2. The molecule has 14 heavy (non-hydrogen) atoms. The highest BCUT2D eigenvalue weighted by Crippen LogP contribution is 2.29. The van der Waals surface area contributed by atoms with Crippen LogP contribution in [0.15, 0.2) is 12.2 Å². The molecule has 0 aliphatic carbocycles. The Balaban J connectivity index is 1.90. The van der Waals surface area contributed by atoms with Gasteiger partial charge in [0.15, 0.2) is 0 Å². The average molecular weight is 196 g/mol. The molecule has 0 radical (unpaired) electrons. The number of esters is 1. The zero-order valence-electron chi connectivity index (χ0n) is 8.49. The quantitative estimate of drug-likeness (QED) is 0.632. The van der Waals surface area contributed by atoms with Crippen molar-refractivity contribution >= 4 is 5.97 Å². The first-order valence-electron chi connectivity index (χ1n) is 5.22. The molecule has 0 spiro atoms. The van der Waals surface area contributed by atoms with Crippen molar-refractivity contribution in [1.29, 1.82) is 0 Å². The fraction of sp³-hybridized carbons (Fsp3) is 0.727. The lowest BCUT2D eigenvalue weighted by Crippen LogP contribution is -2.32. The van der Waals surface area contributed by atoms with E-state index in [0.29, 0.717) is 0 Å². The van der Waals surface area contributed by atoms with Crippen LogP contribution >= 0.6 is 0 Å². The van der Waals surface area contributed by atoms with Gasteiger partial charge >= 0.3 is 5.97 Å². The highest BCUT2D eigenvalue weighted by Gasteiger charge is 2.34. The van der Waals surface area contributed by atoms with Gasteiger partial charge in [0.25, 0.3) is 0 Å². The molecule has 2 aliphatic heterocycles. The first-order valence-corrected chi connectivity index (χ1v) is 5.22. The predicted molar refractivity (Wildman–Crippen MR) is 51.8 cm³/mol. The highest BCUT2D eigenvalue weighted by atomic mass is 16.6. The fourth-order valence-electron chi connectivity index (χ4n) is 2.07. The predicted octanol–water partition coefficient (Wildman–Crippen LogP) is 1.82. The van der Waals surface area contributed by atoms with Crippen LogP contribution in [0.4, 0.5) is 0 Å². The van der Waals surface area contributed by atoms with E-state index < -0.39 is 5.60 Å². The molecule has 2 heterocycles. The summed E-state index contributed by atoms with van der Waals surface area (Å²) in [6, 6.07) is 0. The summed E-state index contributed by atoms with van der Waals surface area (Å²) in [5, 5.41) is 0. The molecule has 2 unspecified atom stereocenters. The van der Waals surface area contributed by atoms with Gasteiger partial charge in [0.05, 0.1) is 6.10 Å². The van der Waals surface area contributed by atoms with Crippen LogP contribution in [0, 0.1) is 0 Å². The van der Waals surface area contributed by atoms with Gasteiger partial charge in [-0.1, -0.05) is 0 Å². The Morgan fingerprint density at radius 2 is 2.43 bits per heavy atom. The SMILES string of the molecule is CC1(CC2CCCCO2)C=CC(=O)O1. The Bertz CT molecular complexity index is 253. The minimum absolute atomic E-state index is 0.233. The number of hydrogen-bond donors (Lipinski definition) is 0. The van der Waals surface area contributed by atoms with E-state index in [9.17, 15) is 4.79 Å². The lowest BCUT2D eigenvalue weighted by molar-refractivity contribution is -0.147. The Kier molecular flexibility index (Phi) is 2.59. The standard InChI is InChI=1S/C11H16O3/c1-11(6-5-10(12)14-11)8-9-4-2-3-7-13-9/h5-6,9H,2-4,7-8H2,1H3. The summed E-state index contributed by atoms with van der Waals surface area (Å²) in [5.74, 6) is -0.233. The molecule has 1 fully saturated rings. The van der Waals surface area contributed by atoms with Crippen molar-refractivity contribution < 1.29 is 14.3 Å². The van der Waals surface area contributed by atoms with E-state index in [2.05, 4.69) is 0 Å². The average Bonchev–Trinajstić information content (AvgIpc) is 2.47. The largest absolute Gasteiger partial charge is 0.452 e. The van der Waals surface area contributed by atoms with Crippen molar-refractivity contribution in [2.75, 3.05) is 6.61 Å². The van der Waals surface area contributed by atoms with Crippen molar-refractivity contribution in [3.63, 3.8) is 0 Å². The molecule has 2 rings (SSSR count). The van der Waals surface area contributed by atoms with Gasteiger partial charge in [-0.3, -0.25) is 0 Å². The number of ether oxygens (including phenoxy) is 2. The van der Waals surface area contributed by atoms with Gasteiger partial charge in [0.1, 0.15) is 5.60 Å². The number of carbonyl (C=O) groups excluding carboxylic acids is 1. The highest BCUT2D eigenvalue weighted by molar-refractivity contribution is 5.85. The molecule has 0 aromatic heterocycles. The van der Waals surface area contributed by atoms with E-state index in [1.807, 2.05) is 13.0 Å². The molecule has 0 bridgehead atoms. The van der Waals surface area contributed by atoms with Crippen molar-refractivity contribution in [2.45, 2.75) is 44.3 Å². The molecule has 78 valence electrons. The minimum Gasteiger partial charge on any atom is -0.452 e. The molecule has 2 aliphatic rings. The van der Waals surface area contributed by atoms with Crippen LogP contribution in [0.1, 0.15) is 32.6 Å². The molecule has 0 saturated carbocycles. The zero-order chi connectivity index (χ0) is 10.0. The van der Waals surface area contributed by atoms with Gasteiger partial charge in [0, 0.05) is 19.1 Å². The van der Waals surface area contributed by atoms with E-state index in [1.165, 1.54) is 12.5 Å². The van der Waals surface area contributed by atoms with E-state index in [0.717, 1.165) is 25.9 Å². The van der Waals surface area contributed by atoms with E-state index in [1.54, 1.807) is 0 Å². The van der Waals surface area contributed by atoms with Crippen LogP contribution in [-0.2, 0) is 14.3 Å². The van der Waals surface area contributed by atoms with Crippen molar-refractivity contribution in [1.82, 2.24) is 0 Å². The molecular formula is C11H16O3. The molecule has 3 nitrogen and oxygen atoms in total. The van der Waals surface area contributed by atoms with E-state index in [-0.39, 0.29) is 12.1 Å². The second-order valence-electron chi connectivity index (χ2n) is 4.26. The normalized spacial score (nSPS) is 37.2. The molecule has 2 atom stereocenters. The van der Waals surface area contributed by atoms with Crippen LogP contribution in [0.25, 0.3) is 0 Å². The molecule has 1 saturated heterocycles. The lowest BCUT2D eigenvalue weighted by Gasteiger charge is -2.29. The molecule has 0 amide bonds. The summed E-state index contributed by atoms with van der Waals surface area (Å²) < 4.78 is 10.8. The maximum atomic E-state index is 11.0. The second-order valence-corrected chi connectivity index (χ2v) is 4.26. The fourth-order valence-corrected chi connectivity index (χ4v) is 2.07. The number of cyclic esters (lactones) is 1. The van der Waals surface area contributed by atoms with Crippen LogP contribution in [0.5, 0.6) is 0 Å². The Morgan fingerprint density at radius 3 is 3.00 bits per heavy atom. The van der Waals surface area contributed by atoms with Crippen LogP contribution in [-0.4, -0.2) is 24.3 Å². The first-order chi connectivity index (χ1) is 6.68. The summed E-state index contributed by atoms with van der Waals surface area (Å²) in [7, 11) is 0. The lowest BCUT2D eigenvalue weighted by atomic mass is 9.94. The Morgan fingerprint density at radius 1 is 1.57 bits per heavy atom. The zero-order valence-corrected chi connectivity index (χ0v) is 8.49. The van der Waals surface area contributed by atoms with E-state index in [4.69, 9.17) is 9.47 Å². The summed E-state index contributed by atoms with van der Waals surface area (Å²) in [4.78, 5) is 11.0. The van der Waals surface area contributed by atoms with E-state index >= 15 is 0 Å². The van der Waals surface area contributed by atoms with Crippen LogP contribution in [0.3, 0.4) is 0 Å². The van der Waals surface area contributed by atoms with Gasteiger partial charge in [-0.15, -0.1) is 0 Å². The number of hydrogen-bond acceptors (Lipinski definition) is 3. The van der Waals surface area contributed by atoms with Crippen molar-refractivity contribution in [3.05, 3.63) is 12.2 Å². The third-order valence-electron chi connectivity index (χ3n) is 2.81. The Hall–Kier alpha value is -0.830.